The van der Waals surface area contributed by atoms with Gasteiger partial charge in [-0.3, -0.25) is 14.4 Å². The van der Waals surface area contributed by atoms with Crippen molar-refractivity contribution in [3.63, 3.8) is 0 Å². The smallest absolute Gasteiger partial charge is 0.258 e. The number of ether oxygens (including phenoxy) is 1. The molecule has 1 N–H and O–H groups in total. The normalized spacial score (nSPS) is 11.4. The molecule has 24 heavy (non-hydrogen) atoms. The number of amides is 1. The van der Waals surface area contributed by atoms with Crippen LogP contribution in [-0.2, 0) is 16.0 Å². The van der Waals surface area contributed by atoms with Crippen LogP contribution in [0.25, 0.3) is 0 Å². The highest BCUT2D eigenvalue weighted by Crippen LogP contribution is 2.15. The molecule has 2 aromatic rings. The van der Waals surface area contributed by atoms with E-state index in [0.29, 0.717) is 24.0 Å². The van der Waals surface area contributed by atoms with Gasteiger partial charge >= 0.3 is 0 Å². The second kappa shape index (κ2) is 8.62. The van der Waals surface area contributed by atoms with Gasteiger partial charge in [0.25, 0.3) is 5.91 Å². The number of hydrogen-bond donors (Lipinski definition) is 1. The van der Waals surface area contributed by atoms with Crippen molar-refractivity contribution in [3.05, 3.63) is 65.7 Å². The van der Waals surface area contributed by atoms with E-state index in [4.69, 9.17) is 4.74 Å². The van der Waals surface area contributed by atoms with E-state index in [9.17, 15) is 14.4 Å². The third-order valence-corrected chi connectivity index (χ3v) is 3.51. The Labute approximate surface area is 140 Å². The number of para-hydroxylation sites is 1. The quantitative estimate of drug-likeness (QED) is 0.755. The van der Waals surface area contributed by atoms with Gasteiger partial charge in [0.15, 0.2) is 18.7 Å². The summed E-state index contributed by atoms with van der Waals surface area (Å²) in [4.78, 5) is 34.7. The number of ketones is 1. The number of nitrogens with one attached hydrogen (secondary N) is 1. The Morgan fingerprint density at radius 3 is 2.42 bits per heavy atom. The van der Waals surface area contributed by atoms with Crippen LogP contribution in [-0.4, -0.2) is 30.6 Å². The largest absolute Gasteiger partial charge is 0.483 e. The predicted molar refractivity (Wildman–Crippen MR) is 90.1 cm³/mol. The highest BCUT2D eigenvalue weighted by molar-refractivity contribution is 5.88. The molecule has 0 saturated carbocycles. The van der Waals surface area contributed by atoms with Gasteiger partial charge in [-0.05, 0) is 31.0 Å². The van der Waals surface area contributed by atoms with E-state index in [1.165, 1.54) is 6.92 Å². The highest BCUT2D eigenvalue weighted by atomic mass is 16.5. The first-order valence-corrected chi connectivity index (χ1v) is 7.61. The molecule has 2 rings (SSSR count). The Hall–Kier alpha value is -2.95. The Morgan fingerprint density at radius 1 is 1.08 bits per heavy atom. The number of carbonyl (C=O) groups excluding carboxylic acids is 3. The van der Waals surface area contributed by atoms with E-state index < -0.39 is 11.9 Å². The van der Waals surface area contributed by atoms with Crippen molar-refractivity contribution in [2.24, 2.45) is 0 Å². The van der Waals surface area contributed by atoms with Crippen molar-refractivity contribution in [2.45, 2.75) is 19.4 Å². The average Bonchev–Trinajstić information content (AvgIpc) is 2.60. The van der Waals surface area contributed by atoms with Gasteiger partial charge in [0.2, 0.25) is 0 Å². The molecule has 5 nitrogen and oxygen atoms in total. The summed E-state index contributed by atoms with van der Waals surface area (Å²) in [6.45, 7) is 1.18. The summed E-state index contributed by atoms with van der Waals surface area (Å²) in [5.41, 5.74) is 1.34. The molecule has 0 bridgehead atoms. The first-order valence-electron chi connectivity index (χ1n) is 7.61. The zero-order valence-corrected chi connectivity index (χ0v) is 13.4. The van der Waals surface area contributed by atoms with E-state index in [2.05, 4.69) is 5.32 Å². The van der Waals surface area contributed by atoms with Gasteiger partial charge in [0.1, 0.15) is 5.75 Å². The number of carbonyl (C=O) groups is 3. The molecule has 0 heterocycles. The zero-order valence-electron chi connectivity index (χ0n) is 13.4. The number of benzene rings is 2. The predicted octanol–water partition coefficient (Wildman–Crippen LogP) is 2.19. The molecule has 0 aliphatic rings. The summed E-state index contributed by atoms with van der Waals surface area (Å²) < 4.78 is 5.37. The van der Waals surface area contributed by atoms with E-state index in [0.717, 1.165) is 5.56 Å². The lowest BCUT2D eigenvalue weighted by Crippen LogP contribution is -2.43. The second-order valence-electron chi connectivity index (χ2n) is 5.36. The van der Waals surface area contributed by atoms with Crippen molar-refractivity contribution in [3.8, 4) is 5.75 Å². The Bertz CT molecular complexity index is 712. The molecule has 1 atom stereocenters. The molecule has 0 unspecified atom stereocenters. The monoisotopic (exact) mass is 325 g/mol. The fourth-order valence-electron chi connectivity index (χ4n) is 2.23. The molecule has 124 valence electrons. The van der Waals surface area contributed by atoms with E-state index in [1.54, 1.807) is 24.3 Å². The van der Waals surface area contributed by atoms with Crippen LogP contribution in [0.3, 0.4) is 0 Å². The molecule has 0 spiro atoms. The Kier molecular flexibility index (Phi) is 6.25. The molecule has 0 saturated heterocycles. The SMILES string of the molecule is CC(=O)[C@H](Cc1ccccc1)NC(=O)COc1ccccc1C=O. The molecule has 0 radical (unpaired) electrons. The molecule has 0 aliphatic carbocycles. The van der Waals surface area contributed by atoms with Gasteiger partial charge in [-0.2, -0.15) is 0 Å². The van der Waals surface area contributed by atoms with Gasteiger partial charge < -0.3 is 10.1 Å². The second-order valence-corrected chi connectivity index (χ2v) is 5.36. The average molecular weight is 325 g/mol. The summed E-state index contributed by atoms with van der Waals surface area (Å²) in [6, 6.07) is 15.5. The number of hydrogen-bond acceptors (Lipinski definition) is 4. The standard InChI is InChI=1S/C19H19NO4/c1-14(22)17(11-15-7-3-2-4-8-15)20-19(23)13-24-18-10-6-5-9-16(18)12-21/h2-10,12,17H,11,13H2,1H3,(H,20,23)/t17-/m0/s1. The van der Waals surface area contributed by atoms with E-state index >= 15 is 0 Å². The van der Waals surface area contributed by atoms with Gasteiger partial charge in [0, 0.05) is 0 Å². The summed E-state index contributed by atoms with van der Waals surface area (Å²) in [7, 11) is 0. The van der Waals surface area contributed by atoms with Crippen molar-refractivity contribution in [1.82, 2.24) is 5.32 Å². The minimum Gasteiger partial charge on any atom is -0.483 e. The van der Waals surface area contributed by atoms with E-state index in [1.807, 2.05) is 30.3 Å². The summed E-state index contributed by atoms with van der Waals surface area (Å²) in [6.07, 6.45) is 1.09. The van der Waals surface area contributed by atoms with Crippen LogP contribution in [0.5, 0.6) is 5.75 Å². The molecular weight excluding hydrogens is 306 g/mol. The first-order chi connectivity index (χ1) is 11.6. The molecule has 0 aliphatic heterocycles. The third kappa shape index (κ3) is 5.05. The van der Waals surface area contributed by atoms with Crippen LogP contribution in [0.2, 0.25) is 0 Å². The van der Waals surface area contributed by atoms with Gasteiger partial charge in [0.05, 0.1) is 11.6 Å². The number of rotatable bonds is 8. The van der Waals surface area contributed by atoms with Crippen LogP contribution in [0.4, 0.5) is 0 Å². The Morgan fingerprint density at radius 2 is 1.75 bits per heavy atom. The molecule has 5 heteroatoms. The Balaban J connectivity index is 1.93. The fraction of sp³-hybridized carbons (Fsp3) is 0.211. The molecule has 0 fully saturated rings. The van der Waals surface area contributed by atoms with Gasteiger partial charge in [-0.1, -0.05) is 42.5 Å². The topological polar surface area (TPSA) is 72.5 Å². The lowest BCUT2D eigenvalue weighted by atomic mass is 10.0. The maximum Gasteiger partial charge on any atom is 0.258 e. The molecular formula is C19H19NO4. The van der Waals surface area contributed by atoms with Crippen molar-refractivity contribution in [2.75, 3.05) is 6.61 Å². The molecule has 2 aromatic carbocycles. The maximum atomic E-state index is 12.0. The lowest BCUT2D eigenvalue weighted by Gasteiger charge is -2.16. The number of aldehydes is 1. The fourth-order valence-corrected chi connectivity index (χ4v) is 2.23. The molecule has 1 amide bonds. The first kappa shape index (κ1) is 17.4. The van der Waals surface area contributed by atoms with Gasteiger partial charge in [-0.15, -0.1) is 0 Å². The van der Waals surface area contributed by atoms with Crippen molar-refractivity contribution >= 4 is 18.0 Å². The van der Waals surface area contributed by atoms with Crippen LogP contribution >= 0.6 is 0 Å². The highest BCUT2D eigenvalue weighted by Gasteiger charge is 2.18. The van der Waals surface area contributed by atoms with Crippen LogP contribution in [0.15, 0.2) is 54.6 Å². The summed E-state index contributed by atoms with van der Waals surface area (Å²) in [5, 5.41) is 2.67. The lowest BCUT2D eigenvalue weighted by molar-refractivity contribution is -0.128. The van der Waals surface area contributed by atoms with Crippen LogP contribution < -0.4 is 10.1 Å². The van der Waals surface area contributed by atoms with E-state index in [-0.39, 0.29) is 12.4 Å². The zero-order chi connectivity index (χ0) is 17.4. The van der Waals surface area contributed by atoms with Gasteiger partial charge in [-0.25, -0.2) is 0 Å². The van der Waals surface area contributed by atoms with Crippen LogP contribution in [0.1, 0.15) is 22.8 Å². The minimum atomic E-state index is -0.607. The minimum absolute atomic E-state index is 0.125. The summed E-state index contributed by atoms with van der Waals surface area (Å²) in [5.74, 6) is -0.197. The van der Waals surface area contributed by atoms with Crippen molar-refractivity contribution < 1.29 is 19.1 Å². The molecule has 0 aromatic heterocycles. The summed E-state index contributed by atoms with van der Waals surface area (Å²) >= 11 is 0. The number of Topliss-reactive ketones (excluding diaryl/α,β-unsaturated/α-hetero) is 1. The third-order valence-electron chi connectivity index (χ3n) is 3.51. The van der Waals surface area contributed by atoms with Crippen LogP contribution in [0, 0.1) is 0 Å². The maximum absolute atomic E-state index is 12.0. The van der Waals surface area contributed by atoms with Crippen molar-refractivity contribution in [1.29, 1.82) is 0 Å².